The number of nitriles is 1. The van der Waals surface area contributed by atoms with Crippen molar-refractivity contribution < 1.29 is 9.53 Å². The molecule has 2 aromatic heterocycles. The number of thiophene rings is 1. The number of ether oxygens (including phenoxy) is 1. The maximum atomic E-state index is 11.7. The fourth-order valence-electron chi connectivity index (χ4n) is 4.50. The van der Waals surface area contributed by atoms with E-state index < -0.39 is 0 Å². The zero-order valence-corrected chi connectivity index (χ0v) is 21.6. The molecule has 0 radical (unpaired) electrons. The molecule has 5 rings (SSSR count). The maximum absolute atomic E-state index is 11.7. The molecule has 0 saturated heterocycles. The quantitative estimate of drug-likeness (QED) is 0.197. The summed E-state index contributed by atoms with van der Waals surface area (Å²) in [5.74, 6) is -0.317. The van der Waals surface area contributed by atoms with Crippen LogP contribution in [0, 0.1) is 18.3 Å². The van der Waals surface area contributed by atoms with Gasteiger partial charge in [0, 0.05) is 39.1 Å². The van der Waals surface area contributed by atoms with E-state index in [1.54, 1.807) is 11.9 Å². The first kappa shape index (κ1) is 23.9. The molecule has 4 aromatic rings. The Kier molecular flexibility index (Phi) is 6.95. The van der Waals surface area contributed by atoms with Crippen LogP contribution in [0.1, 0.15) is 28.5 Å². The molecule has 0 saturated carbocycles. The minimum absolute atomic E-state index is 0.0547. The van der Waals surface area contributed by atoms with E-state index in [0.717, 1.165) is 44.6 Å². The monoisotopic (exact) mass is 508 g/mol. The minimum atomic E-state index is -0.372. The van der Waals surface area contributed by atoms with Crippen molar-refractivity contribution >= 4 is 40.2 Å². The SMILES string of the molecule is COC(=O)/C=C/C1=CC=CC(c2c(-c3ccsc3C#N)c3ccccc3n2Sc2ccc(C)cc2)C1. The number of hydrogen-bond donors (Lipinski definition) is 0. The summed E-state index contributed by atoms with van der Waals surface area (Å²) < 4.78 is 7.09. The number of carbonyl (C=O) groups excluding carboxylic acids is 1. The van der Waals surface area contributed by atoms with Gasteiger partial charge in [0.15, 0.2) is 0 Å². The predicted molar refractivity (Wildman–Crippen MR) is 148 cm³/mol. The maximum Gasteiger partial charge on any atom is 0.330 e. The topological polar surface area (TPSA) is 55.0 Å². The van der Waals surface area contributed by atoms with E-state index in [4.69, 9.17) is 4.74 Å². The van der Waals surface area contributed by atoms with Crippen LogP contribution in [0.5, 0.6) is 0 Å². The van der Waals surface area contributed by atoms with Gasteiger partial charge in [0.05, 0.1) is 12.6 Å². The Labute approximate surface area is 219 Å². The van der Waals surface area contributed by atoms with E-state index in [0.29, 0.717) is 4.88 Å². The first-order chi connectivity index (χ1) is 17.6. The average Bonchev–Trinajstić information content (AvgIpc) is 3.51. The van der Waals surface area contributed by atoms with Crippen LogP contribution in [-0.2, 0) is 9.53 Å². The first-order valence-electron chi connectivity index (χ1n) is 11.6. The minimum Gasteiger partial charge on any atom is -0.466 e. The molecule has 0 spiro atoms. The summed E-state index contributed by atoms with van der Waals surface area (Å²) in [6.07, 6.45) is 10.3. The van der Waals surface area contributed by atoms with Crippen LogP contribution in [0.2, 0.25) is 0 Å². The molecule has 2 aromatic carbocycles. The molecule has 0 amide bonds. The van der Waals surface area contributed by atoms with E-state index in [1.807, 2.05) is 23.6 Å². The normalized spacial score (nSPS) is 15.2. The summed E-state index contributed by atoms with van der Waals surface area (Å²) in [5, 5.41) is 13.0. The number of carbonyl (C=O) groups is 1. The van der Waals surface area contributed by atoms with Gasteiger partial charge in [0.1, 0.15) is 10.9 Å². The van der Waals surface area contributed by atoms with Crippen molar-refractivity contribution in [2.45, 2.75) is 24.2 Å². The van der Waals surface area contributed by atoms with Crippen LogP contribution in [0.15, 0.2) is 101 Å². The van der Waals surface area contributed by atoms with E-state index in [1.165, 1.54) is 30.1 Å². The molecule has 1 aliphatic rings. The van der Waals surface area contributed by atoms with Crippen molar-refractivity contribution in [3.8, 4) is 17.2 Å². The predicted octanol–water partition coefficient (Wildman–Crippen LogP) is 7.80. The number of para-hydroxylation sites is 1. The number of benzene rings is 2. The second kappa shape index (κ2) is 10.4. The molecule has 0 aliphatic heterocycles. The van der Waals surface area contributed by atoms with Crippen LogP contribution in [-0.4, -0.2) is 17.1 Å². The second-order valence-electron chi connectivity index (χ2n) is 8.54. The highest BCUT2D eigenvalue weighted by atomic mass is 32.2. The second-order valence-corrected chi connectivity index (χ2v) is 10.5. The summed E-state index contributed by atoms with van der Waals surface area (Å²) in [7, 11) is 1.38. The van der Waals surface area contributed by atoms with Crippen molar-refractivity contribution in [1.82, 2.24) is 3.97 Å². The van der Waals surface area contributed by atoms with Crippen molar-refractivity contribution in [2.24, 2.45) is 0 Å². The van der Waals surface area contributed by atoms with Crippen molar-refractivity contribution in [2.75, 3.05) is 7.11 Å². The molecule has 1 aliphatic carbocycles. The van der Waals surface area contributed by atoms with Gasteiger partial charge >= 0.3 is 5.97 Å². The van der Waals surface area contributed by atoms with Gasteiger partial charge in [-0.3, -0.25) is 3.97 Å². The number of esters is 1. The van der Waals surface area contributed by atoms with Gasteiger partial charge in [0.25, 0.3) is 0 Å². The van der Waals surface area contributed by atoms with E-state index in [-0.39, 0.29) is 11.9 Å². The molecule has 1 atom stereocenters. The Morgan fingerprint density at radius 3 is 2.78 bits per heavy atom. The molecule has 178 valence electrons. The molecule has 6 heteroatoms. The fourth-order valence-corrected chi connectivity index (χ4v) is 6.25. The van der Waals surface area contributed by atoms with Gasteiger partial charge in [0.2, 0.25) is 0 Å². The highest BCUT2D eigenvalue weighted by molar-refractivity contribution is 7.98. The lowest BCUT2D eigenvalue weighted by Crippen LogP contribution is -2.07. The molecular weight excluding hydrogens is 484 g/mol. The number of rotatable bonds is 6. The lowest BCUT2D eigenvalue weighted by atomic mass is 9.87. The lowest BCUT2D eigenvalue weighted by molar-refractivity contribution is -0.134. The molecule has 1 unspecified atom stereocenters. The van der Waals surface area contributed by atoms with Crippen LogP contribution in [0.3, 0.4) is 0 Å². The van der Waals surface area contributed by atoms with Crippen LogP contribution in [0.4, 0.5) is 0 Å². The summed E-state index contributed by atoms with van der Waals surface area (Å²) in [6, 6.07) is 21.4. The smallest absolute Gasteiger partial charge is 0.330 e. The van der Waals surface area contributed by atoms with Gasteiger partial charge in [-0.05, 0) is 60.5 Å². The van der Waals surface area contributed by atoms with E-state index in [2.05, 4.69) is 77.6 Å². The third kappa shape index (κ3) is 4.68. The highest BCUT2D eigenvalue weighted by Crippen LogP contribution is 2.46. The van der Waals surface area contributed by atoms with Gasteiger partial charge in [-0.25, -0.2) is 4.79 Å². The number of aryl methyl sites for hydroxylation is 1. The van der Waals surface area contributed by atoms with E-state index in [9.17, 15) is 10.1 Å². The number of allylic oxidation sites excluding steroid dienone is 5. The third-order valence-corrected chi connectivity index (χ3v) is 8.09. The summed E-state index contributed by atoms with van der Waals surface area (Å²) in [4.78, 5) is 13.5. The molecule has 2 heterocycles. The Hall–Kier alpha value is -3.79. The third-order valence-electron chi connectivity index (χ3n) is 6.22. The first-order valence-corrected chi connectivity index (χ1v) is 13.2. The van der Waals surface area contributed by atoms with Gasteiger partial charge < -0.3 is 4.74 Å². The van der Waals surface area contributed by atoms with Gasteiger partial charge in [-0.2, -0.15) is 5.26 Å². The van der Waals surface area contributed by atoms with Crippen molar-refractivity contribution in [3.05, 3.63) is 112 Å². The molecule has 36 heavy (non-hydrogen) atoms. The van der Waals surface area contributed by atoms with Crippen molar-refractivity contribution in [3.63, 3.8) is 0 Å². The van der Waals surface area contributed by atoms with Crippen molar-refractivity contribution in [1.29, 1.82) is 5.26 Å². The van der Waals surface area contributed by atoms with Crippen LogP contribution < -0.4 is 0 Å². The van der Waals surface area contributed by atoms with E-state index >= 15 is 0 Å². The lowest BCUT2D eigenvalue weighted by Gasteiger charge is -2.21. The molecule has 0 N–H and O–H groups in total. The van der Waals surface area contributed by atoms with Gasteiger partial charge in [-0.15, -0.1) is 11.3 Å². The summed E-state index contributed by atoms with van der Waals surface area (Å²) >= 11 is 3.16. The van der Waals surface area contributed by atoms with Crippen LogP contribution in [0.25, 0.3) is 22.0 Å². The number of hydrogen-bond acceptors (Lipinski definition) is 5. The molecule has 0 bridgehead atoms. The van der Waals surface area contributed by atoms with Crippen LogP contribution >= 0.6 is 23.3 Å². The number of aromatic nitrogens is 1. The standard InChI is InChI=1S/C30H24N2O2S2/c1-20-10-13-23(14-11-20)36-32-26-9-4-3-8-24(26)29(25-16-17-35-27(25)19-31)30(32)22-7-5-6-21(18-22)12-15-28(33)34-2/h3-17,22H,18H2,1-2H3/b15-12+. The fraction of sp³-hybridized carbons (Fsp3) is 0.133. The Balaban J connectivity index is 1.70. The molecular formula is C30H24N2O2S2. The number of methoxy groups -OCH3 is 1. The summed E-state index contributed by atoms with van der Waals surface area (Å²) in [6.45, 7) is 2.09. The number of nitrogens with zero attached hydrogens (tertiary/aromatic N) is 2. The van der Waals surface area contributed by atoms with Gasteiger partial charge in [-0.1, -0.05) is 60.2 Å². The Bertz CT molecular complexity index is 1560. The Morgan fingerprint density at radius 1 is 1.19 bits per heavy atom. The Morgan fingerprint density at radius 2 is 2.00 bits per heavy atom. The average molecular weight is 509 g/mol. The highest BCUT2D eigenvalue weighted by Gasteiger charge is 2.27. The number of fused-ring (bicyclic) bond motifs is 1. The zero-order chi connectivity index (χ0) is 25.1. The molecule has 0 fully saturated rings. The molecule has 4 nitrogen and oxygen atoms in total. The largest absolute Gasteiger partial charge is 0.466 e. The summed E-state index contributed by atoms with van der Waals surface area (Å²) in [5.41, 5.74) is 6.57. The zero-order valence-electron chi connectivity index (χ0n) is 20.0.